The number of aromatic nitrogens is 1. The zero-order valence-corrected chi connectivity index (χ0v) is 14.7. The van der Waals surface area contributed by atoms with Crippen molar-refractivity contribution >= 4 is 5.97 Å². The number of carboxylic acid groups (broad SMARTS) is 1. The minimum Gasteiger partial charge on any atom is -0.480 e. The number of aliphatic carboxylic acids is 1. The Kier molecular flexibility index (Phi) is 5.51. The molecule has 132 valence electrons. The van der Waals surface area contributed by atoms with Crippen molar-refractivity contribution in [3.05, 3.63) is 30.1 Å². The van der Waals surface area contributed by atoms with E-state index in [1.165, 1.54) is 0 Å². The topological polar surface area (TPSA) is 56.7 Å². The van der Waals surface area contributed by atoms with Gasteiger partial charge < -0.3 is 10.0 Å². The molecule has 24 heavy (non-hydrogen) atoms. The molecule has 3 heterocycles. The highest BCUT2D eigenvalue weighted by Crippen LogP contribution is 2.43. The third-order valence-electron chi connectivity index (χ3n) is 5.73. The van der Waals surface area contributed by atoms with Crippen LogP contribution in [-0.2, 0) is 11.2 Å². The van der Waals surface area contributed by atoms with E-state index in [1.54, 1.807) is 0 Å². The number of rotatable bonds is 6. The van der Waals surface area contributed by atoms with Gasteiger partial charge in [-0.2, -0.15) is 0 Å². The molecule has 0 amide bonds. The fourth-order valence-electron chi connectivity index (χ4n) is 4.34. The van der Waals surface area contributed by atoms with Gasteiger partial charge in [-0.05, 0) is 62.9 Å². The Hall–Kier alpha value is -1.46. The minimum absolute atomic E-state index is 0.222. The summed E-state index contributed by atoms with van der Waals surface area (Å²) < 4.78 is 0. The van der Waals surface area contributed by atoms with Crippen molar-refractivity contribution in [3.8, 4) is 0 Å². The average molecular weight is 331 g/mol. The highest BCUT2D eigenvalue weighted by Gasteiger charge is 2.47. The van der Waals surface area contributed by atoms with Gasteiger partial charge in [0.05, 0.1) is 0 Å². The summed E-state index contributed by atoms with van der Waals surface area (Å²) in [5.74, 6) is -0.641. The van der Waals surface area contributed by atoms with E-state index in [0.29, 0.717) is 0 Å². The first kappa shape index (κ1) is 17.4. The van der Waals surface area contributed by atoms with Gasteiger partial charge in [0, 0.05) is 31.4 Å². The fourth-order valence-corrected chi connectivity index (χ4v) is 4.34. The number of hydrogen-bond acceptors (Lipinski definition) is 4. The van der Waals surface area contributed by atoms with Gasteiger partial charge in [-0.25, -0.2) is 0 Å². The van der Waals surface area contributed by atoms with Crippen LogP contribution in [0.3, 0.4) is 0 Å². The van der Waals surface area contributed by atoms with E-state index in [9.17, 15) is 9.90 Å². The molecule has 0 bridgehead atoms. The van der Waals surface area contributed by atoms with Crippen molar-refractivity contribution in [1.82, 2.24) is 14.8 Å². The summed E-state index contributed by atoms with van der Waals surface area (Å²) in [7, 11) is 0. The van der Waals surface area contributed by atoms with Crippen LogP contribution in [-0.4, -0.2) is 64.6 Å². The largest absolute Gasteiger partial charge is 0.480 e. The molecule has 1 aromatic rings. The lowest BCUT2D eigenvalue weighted by Crippen LogP contribution is -2.42. The quantitative estimate of drug-likeness (QED) is 0.867. The number of carboxylic acids is 1. The van der Waals surface area contributed by atoms with Crippen LogP contribution in [0.25, 0.3) is 0 Å². The molecule has 0 aliphatic carbocycles. The van der Waals surface area contributed by atoms with Crippen LogP contribution >= 0.6 is 0 Å². The third kappa shape index (κ3) is 3.95. The predicted molar refractivity (Wildman–Crippen MR) is 94.0 cm³/mol. The zero-order chi connectivity index (χ0) is 17.0. The monoisotopic (exact) mass is 331 g/mol. The first-order chi connectivity index (χ1) is 11.6. The Morgan fingerprint density at radius 1 is 1.33 bits per heavy atom. The normalized spacial score (nSPS) is 24.5. The summed E-state index contributed by atoms with van der Waals surface area (Å²) in [6.45, 7) is 7.21. The molecular weight excluding hydrogens is 302 g/mol. The van der Waals surface area contributed by atoms with Gasteiger partial charge in [-0.3, -0.25) is 14.7 Å². The Bertz CT molecular complexity index is 541. The molecule has 5 heteroatoms. The van der Waals surface area contributed by atoms with Gasteiger partial charge in [0.2, 0.25) is 0 Å². The average Bonchev–Trinajstić information content (AvgIpc) is 2.94. The van der Waals surface area contributed by atoms with Crippen molar-refractivity contribution in [2.45, 2.75) is 45.1 Å². The lowest BCUT2D eigenvalue weighted by Gasteiger charge is -2.39. The van der Waals surface area contributed by atoms with E-state index < -0.39 is 5.97 Å². The minimum atomic E-state index is -0.641. The number of piperidine rings is 1. The van der Waals surface area contributed by atoms with E-state index in [0.717, 1.165) is 70.5 Å². The number of hydrogen-bond donors (Lipinski definition) is 1. The molecule has 1 spiro atoms. The first-order valence-corrected chi connectivity index (χ1v) is 9.21. The van der Waals surface area contributed by atoms with E-state index in [2.05, 4.69) is 27.8 Å². The summed E-state index contributed by atoms with van der Waals surface area (Å²) in [5.41, 5.74) is 1.37. The van der Waals surface area contributed by atoms with E-state index in [-0.39, 0.29) is 11.5 Å². The van der Waals surface area contributed by atoms with Crippen molar-refractivity contribution in [1.29, 1.82) is 0 Å². The van der Waals surface area contributed by atoms with Crippen molar-refractivity contribution in [3.63, 3.8) is 0 Å². The van der Waals surface area contributed by atoms with Crippen LogP contribution in [0, 0.1) is 5.41 Å². The van der Waals surface area contributed by atoms with Gasteiger partial charge in [0.1, 0.15) is 6.04 Å². The van der Waals surface area contributed by atoms with Crippen LogP contribution in [0.2, 0.25) is 0 Å². The summed E-state index contributed by atoms with van der Waals surface area (Å²) in [6.07, 6.45) is 6.95. The van der Waals surface area contributed by atoms with Gasteiger partial charge in [-0.1, -0.05) is 13.0 Å². The van der Waals surface area contributed by atoms with Crippen LogP contribution in [0.5, 0.6) is 0 Å². The molecule has 2 aliphatic heterocycles. The summed E-state index contributed by atoms with van der Waals surface area (Å²) >= 11 is 0. The van der Waals surface area contributed by atoms with Crippen molar-refractivity contribution in [2.75, 3.05) is 32.7 Å². The van der Waals surface area contributed by atoms with Crippen LogP contribution in [0.4, 0.5) is 0 Å². The molecule has 2 saturated heterocycles. The predicted octanol–water partition coefficient (Wildman–Crippen LogP) is 2.28. The number of pyridine rings is 1. The molecule has 0 radical (unpaired) electrons. The Morgan fingerprint density at radius 2 is 2.12 bits per heavy atom. The fraction of sp³-hybridized carbons (Fsp3) is 0.684. The standard InChI is InChI=1S/C19H29N3O2/c1-2-10-22-15-19(14-17(22)18(23)24)7-12-21(13-8-19)11-6-16-5-3-4-9-20-16/h3-5,9,17H,2,6-8,10-15H2,1H3,(H,23,24)/t17-/m0/s1. The smallest absolute Gasteiger partial charge is 0.320 e. The first-order valence-electron chi connectivity index (χ1n) is 9.21. The Morgan fingerprint density at radius 3 is 2.75 bits per heavy atom. The van der Waals surface area contributed by atoms with Crippen molar-refractivity contribution in [2.24, 2.45) is 5.41 Å². The number of carbonyl (C=O) groups is 1. The maximum absolute atomic E-state index is 11.6. The number of nitrogens with zero attached hydrogens (tertiary/aromatic N) is 3. The molecule has 2 aliphatic rings. The maximum atomic E-state index is 11.6. The van der Waals surface area contributed by atoms with Crippen LogP contribution < -0.4 is 0 Å². The molecule has 0 aromatic carbocycles. The second kappa shape index (κ2) is 7.62. The van der Waals surface area contributed by atoms with Gasteiger partial charge in [0.15, 0.2) is 0 Å². The Labute approximate surface area is 144 Å². The maximum Gasteiger partial charge on any atom is 0.320 e. The summed E-state index contributed by atoms with van der Waals surface area (Å²) in [6, 6.07) is 5.81. The lowest BCUT2D eigenvalue weighted by atomic mass is 9.76. The zero-order valence-electron chi connectivity index (χ0n) is 14.7. The third-order valence-corrected chi connectivity index (χ3v) is 5.73. The van der Waals surface area contributed by atoms with E-state index in [4.69, 9.17) is 0 Å². The highest BCUT2D eigenvalue weighted by molar-refractivity contribution is 5.74. The SMILES string of the molecule is CCCN1CC2(CCN(CCc3ccccn3)CC2)C[C@H]1C(=O)O. The molecule has 3 rings (SSSR count). The second-order valence-corrected chi connectivity index (χ2v) is 7.44. The molecule has 2 fully saturated rings. The summed E-state index contributed by atoms with van der Waals surface area (Å²) in [5, 5.41) is 9.53. The lowest BCUT2D eigenvalue weighted by molar-refractivity contribution is -0.142. The Balaban J connectivity index is 1.52. The molecule has 5 nitrogen and oxygen atoms in total. The molecule has 0 saturated carbocycles. The molecule has 1 N–H and O–H groups in total. The van der Waals surface area contributed by atoms with E-state index >= 15 is 0 Å². The molecular formula is C19H29N3O2. The molecule has 1 aromatic heterocycles. The van der Waals surface area contributed by atoms with Crippen LogP contribution in [0.1, 0.15) is 38.3 Å². The van der Waals surface area contributed by atoms with Gasteiger partial charge >= 0.3 is 5.97 Å². The molecule has 0 unspecified atom stereocenters. The molecule has 1 atom stereocenters. The summed E-state index contributed by atoms with van der Waals surface area (Å²) in [4.78, 5) is 20.7. The van der Waals surface area contributed by atoms with E-state index in [1.807, 2.05) is 18.3 Å². The van der Waals surface area contributed by atoms with Crippen molar-refractivity contribution < 1.29 is 9.90 Å². The van der Waals surface area contributed by atoms with Gasteiger partial charge in [0.25, 0.3) is 0 Å². The number of likely N-dealkylation sites (tertiary alicyclic amines) is 2. The van der Waals surface area contributed by atoms with Crippen LogP contribution in [0.15, 0.2) is 24.4 Å². The second-order valence-electron chi connectivity index (χ2n) is 7.44. The van der Waals surface area contributed by atoms with Gasteiger partial charge in [-0.15, -0.1) is 0 Å². The highest BCUT2D eigenvalue weighted by atomic mass is 16.4.